The number of hydrogen-bond acceptors (Lipinski definition) is 5. The Kier molecular flexibility index (Phi) is 4.40. The van der Waals surface area contributed by atoms with E-state index in [9.17, 15) is 4.79 Å². The molecule has 0 radical (unpaired) electrons. The Hall–Kier alpha value is -2.41. The molecule has 2 aromatic rings. The summed E-state index contributed by atoms with van der Waals surface area (Å²) in [5.74, 6) is 0.914. The zero-order valence-electron chi connectivity index (χ0n) is 14.3. The number of aromatic nitrogens is 3. The van der Waals surface area contributed by atoms with Crippen LogP contribution in [0, 0.1) is 0 Å². The number of carbonyl (C=O) groups excluding carboxylic acids is 1. The van der Waals surface area contributed by atoms with Crippen molar-refractivity contribution in [3.63, 3.8) is 0 Å². The lowest BCUT2D eigenvalue weighted by atomic mass is 10.0. The topological polar surface area (TPSA) is 69.5 Å². The molecule has 1 aromatic carbocycles. The highest BCUT2D eigenvalue weighted by Crippen LogP contribution is 2.29. The second-order valence-corrected chi connectivity index (χ2v) is 6.60. The van der Waals surface area contributed by atoms with Crippen LogP contribution in [0.3, 0.4) is 0 Å². The van der Waals surface area contributed by atoms with Gasteiger partial charge in [0.05, 0.1) is 18.8 Å². The van der Waals surface area contributed by atoms with Crippen molar-refractivity contribution in [1.29, 1.82) is 0 Å². The Morgan fingerprint density at radius 3 is 3.12 bits per heavy atom. The van der Waals surface area contributed by atoms with Crippen LogP contribution < -0.4 is 4.74 Å². The van der Waals surface area contributed by atoms with E-state index < -0.39 is 0 Å². The van der Waals surface area contributed by atoms with E-state index in [4.69, 9.17) is 9.47 Å². The average Bonchev–Trinajstić information content (AvgIpc) is 3.30. The number of aryl methyl sites for hydroxylation is 1. The van der Waals surface area contributed by atoms with Crippen molar-refractivity contribution in [1.82, 2.24) is 19.9 Å². The molecule has 2 atom stereocenters. The Morgan fingerprint density at radius 2 is 2.24 bits per heavy atom. The van der Waals surface area contributed by atoms with Crippen LogP contribution in [0.25, 0.3) is 0 Å². The lowest BCUT2D eigenvalue weighted by molar-refractivity contribution is -0.138. The average molecular weight is 342 g/mol. The third-order valence-corrected chi connectivity index (χ3v) is 4.89. The molecule has 0 bridgehead atoms. The van der Waals surface area contributed by atoms with Crippen molar-refractivity contribution < 1.29 is 14.3 Å². The standard InChI is InChI=1S/C18H22N4O3/c1-24-12-14-10-22(20-19-14)15-8-9-21(11-15)18(23)17-7-6-13-4-2-3-5-16(13)25-17/h2-5,10,15,17H,6-9,11-12H2,1H3/t15-,17-/m1/s1. The molecule has 2 aliphatic heterocycles. The zero-order chi connectivity index (χ0) is 17.2. The third-order valence-electron chi connectivity index (χ3n) is 4.89. The number of rotatable bonds is 4. The SMILES string of the molecule is COCc1cn([C@@H]2CCN(C(=O)[C@H]3CCc4ccccc4O3)C2)nn1. The van der Waals surface area contributed by atoms with Crippen molar-refractivity contribution in [3.05, 3.63) is 41.7 Å². The van der Waals surface area contributed by atoms with Gasteiger partial charge in [-0.05, 0) is 30.9 Å². The maximum absolute atomic E-state index is 12.8. The fourth-order valence-corrected chi connectivity index (χ4v) is 3.57. The van der Waals surface area contributed by atoms with Gasteiger partial charge in [-0.3, -0.25) is 4.79 Å². The van der Waals surface area contributed by atoms with Gasteiger partial charge in [-0.1, -0.05) is 23.4 Å². The second kappa shape index (κ2) is 6.84. The lowest BCUT2D eigenvalue weighted by Crippen LogP contribution is -2.42. The molecule has 2 aliphatic rings. The van der Waals surface area contributed by atoms with Crippen LogP contribution in [0.2, 0.25) is 0 Å². The van der Waals surface area contributed by atoms with E-state index in [1.54, 1.807) is 7.11 Å². The molecule has 25 heavy (non-hydrogen) atoms. The van der Waals surface area contributed by atoms with Gasteiger partial charge in [-0.15, -0.1) is 5.10 Å². The van der Waals surface area contributed by atoms with Gasteiger partial charge in [0.2, 0.25) is 0 Å². The van der Waals surface area contributed by atoms with E-state index in [2.05, 4.69) is 16.4 Å². The minimum absolute atomic E-state index is 0.0780. The Morgan fingerprint density at radius 1 is 1.36 bits per heavy atom. The summed E-state index contributed by atoms with van der Waals surface area (Å²) in [4.78, 5) is 14.7. The fraction of sp³-hybridized carbons (Fsp3) is 0.500. The van der Waals surface area contributed by atoms with Gasteiger partial charge < -0.3 is 14.4 Å². The van der Waals surface area contributed by atoms with Crippen LogP contribution >= 0.6 is 0 Å². The van der Waals surface area contributed by atoms with Crippen LogP contribution in [-0.4, -0.2) is 52.1 Å². The zero-order valence-corrected chi connectivity index (χ0v) is 14.3. The highest BCUT2D eigenvalue weighted by atomic mass is 16.5. The molecule has 0 N–H and O–H groups in total. The molecule has 1 amide bonds. The number of fused-ring (bicyclic) bond motifs is 1. The summed E-state index contributed by atoms with van der Waals surface area (Å²) >= 11 is 0. The Bertz CT molecular complexity index is 760. The Balaban J connectivity index is 1.39. The minimum atomic E-state index is -0.381. The number of amides is 1. The van der Waals surface area contributed by atoms with Crippen molar-refractivity contribution in [2.75, 3.05) is 20.2 Å². The molecule has 0 unspecified atom stereocenters. The summed E-state index contributed by atoms with van der Waals surface area (Å²) in [6.07, 6.45) is 4.01. The smallest absolute Gasteiger partial charge is 0.263 e. The largest absolute Gasteiger partial charge is 0.480 e. The molecule has 0 saturated carbocycles. The van der Waals surface area contributed by atoms with E-state index in [1.807, 2.05) is 34.0 Å². The van der Waals surface area contributed by atoms with E-state index in [1.165, 1.54) is 5.56 Å². The fourth-order valence-electron chi connectivity index (χ4n) is 3.57. The first-order chi connectivity index (χ1) is 12.2. The molecule has 1 fully saturated rings. The third kappa shape index (κ3) is 3.24. The van der Waals surface area contributed by atoms with Crippen LogP contribution in [0.5, 0.6) is 5.75 Å². The number of carbonyl (C=O) groups is 1. The predicted octanol–water partition coefficient (Wildman–Crippen LogP) is 1.59. The number of hydrogen-bond donors (Lipinski definition) is 0. The molecule has 7 heteroatoms. The van der Waals surface area contributed by atoms with Crippen molar-refractivity contribution >= 4 is 5.91 Å². The monoisotopic (exact) mass is 342 g/mol. The van der Waals surface area contributed by atoms with Gasteiger partial charge >= 0.3 is 0 Å². The predicted molar refractivity (Wildman–Crippen MR) is 90.1 cm³/mol. The van der Waals surface area contributed by atoms with E-state index in [0.29, 0.717) is 13.2 Å². The van der Waals surface area contributed by atoms with Gasteiger partial charge in [0.25, 0.3) is 5.91 Å². The van der Waals surface area contributed by atoms with Crippen molar-refractivity contribution in [3.8, 4) is 5.75 Å². The summed E-state index contributed by atoms with van der Waals surface area (Å²) in [6.45, 7) is 1.82. The van der Waals surface area contributed by atoms with Crippen LogP contribution in [0.15, 0.2) is 30.5 Å². The maximum Gasteiger partial charge on any atom is 0.263 e. The summed E-state index contributed by atoms with van der Waals surface area (Å²) in [5, 5.41) is 8.27. The van der Waals surface area contributed by atoms with Gasteiger partial charge in [0.1, 0.15) is 11.4 Å². The number of nitrogens with zero attached hydrogens (tertiary/aromatic N) is 4. The number of ether oxygens (including phenoxy) is 2. The highest BCUT2D eigenvalue weighted by Gasteiger charge is 2.34. The summed E-state index contributed by atoms with van der Waals surface area (Å²) < 4.78 is 12.9. The summed E-state index contributed by atoms with van der Waals surface area (Å²) in [6, 6.07) is 8.11. The van der Waals surface area contributed by atoms with Gasteiger partial charge in [-0.25, -0.2) is 4.68 Å². The number of benzene rings is 1. The van der Waals surface area contributed by atoms with E-state index in [-0.39, 0.29) is 18.1 Å². The highest BCUT2D eigenvalue weighted by molar-refractivity contribution is 5.82. The molecule has 1 aromatic heterocycles. The quantitative estimate of drug-likeness (QED) is 0.844. The van der Waals surface area contributed by atoms with Crippen molar-refractivity contribution in [2.24, 2.45) is 0 Å². The van der Waals surface area contributed by atoms with Gasteiger partial charge in [0.15, 0.2) is 6.10 Å². The number of para-hydroxylation sites is 1. The molecule has 0 aliphatic carbocycles. The normalized spacial score (nSPS) is 22.5. The molecule has 0 spiro atoms. The van der Waals surface area contributed by atoms with Gasteiger partial charge in [-0.2, -0.15) is 0 Å². The van der Waals surface area contributed by atoms with Crippen LogP contribution in [-0.2, 0) is 22.6 Å². The maximum atomic E-state index is 12.8. The van der Waals surface area contributed by atoms with Crippen molar-refractivity contribution in [2.45, 2.75) is 38.0 Å². The number of methoxy groups -OCH3 is 1. The first-order valence-electron chi connectivity index (χ1n) is 8.67. The molecule has 7 nitrogen and oxygen atoms in total. The van der Waals surface area contributed by atoms with Gasteiger partial charge in [0, 0.05) is 20.2 Å². The van der Waals surface area contributed by atoms with Crippen LogP contribution in [0.4, 0.5) is 0 Å². The molecule has 132 valence electrons. The van der Waals surface area contributed by atoms with E-state index in [0.717, 1.165) is 37.3 Å². The summed E-state index contributed by atoms with van der Waals surface area (Å²) in [5.41, 5.74) is 1.98. The minimum Gasteiger partial charge on any atom is -0.480 e. The number of likely N-dealkylation sites (tertiary alicyclic amines) is 1. The molecular formula is C18H22N4O3. The molecule has 3 heterocycles. The molecule has 1 saturated heterocycles. The first-order valence-corrected chi connectivity index (χ1v) is 8.67. The van der Waals surface area contributed by atoms with E-state index >= 15 is 0 Å². The first kappa shape index (κ1) is 16.1. The molecule has 4 rings (SSSR count). The molecular weight excluding hydrogens is 320 g/mol. The summed E-state index contributed by atoms with van der Waals surface area (Å²) in [7, 11) is 1.64. The Labute approximate surface area is 146 Å². The van der Waals surface area contributed by atoms with Crippen LogP contribution in [0.1, 0.15) is 30.1 Å². The lowest BCUT2D eigenvalue weighted by Gasteiger charge is -2.28. The second-order valence-electron chi connectivity index (χ2n) is 6.60.